The van der Waals surface area contributed by atoms with E-state index in [4.69, 9.17) is 4.52 Å². The first-order valence-electron chi connectivity index (χ1n) is 10.0. The van der Waals surface area contributed by atoms with Crippen LogP contribution in [0.3, 0.4) is 0 Å². The summed E-state index contributed by atoms with van der Waals surface area (Å²) in [4.78, 5) is 6.73. The van der Waals surface area contributed by atoms with Gasteiger partial charge in [-0.15, -0.1) is 0 Å². The van der Waals surface area contributed by atoms with Gasteiger partial charge in [0.2, 0.25) is 15.9 Å². The molecule has 1 saturated carbocycles. The van der Waals surface area contributed by atoms with Crippen molar-refractivity contribution < 1.29 is 12.9 Å². The van der Waals surface area contributed by atoms with E-state index in [0.29, 0.717) is 30.6 Å². The largest absolute Gasteiger partial charge is 0.339 e. The lowest BCUT2D eigenvalue weighted by atomic mass is 10.1. The van der Waals surface area contributed by atoms with Crippen molar-refractivity contribution >= 4 is 10.0 Å². The number of sulfonamides is 1. The highest BCUT2D eigenvalue weighted by atomic mass is 32.2. The van der Waals surface area contributed by atoms with Gasteiger partial charge in [0.25, 0.3) is 0 Å². The van der Waals surface area contributed by atoms with Crippen LogP contribution in [0.2, 0.25) is 0 Å². The highest BCUT2D eigenvalue weighted by Gasteiger charge is 2.36. The molecule has 0 N–H and O–H groups in total. The summed E-state index contributed by atoms with van der Waals surface area (Å²) in [5.41, 5.74) is 1.35. The molecular formula is C20H28N4O3S. The van der Waals surface area contributed by atoms with E-state index in [1.807, 2.05) is 6.07 Å². The standard InChI is InChI=1S/C20H28N4O3S/c1-28(25,26)24(13-11-19-21-20(27-22-19)17-9-10-17)18-14-23(15-18)12-5-8-16-6-3-2-4-7-16/h2-4,6-7,17-18H,5,8-15H2,1H3. The Hall–Kier alpha value is -1.77. The Labute approximate surface area is 166 Å². The Morgan fingerprint density at radius 2 is 1.93 bits per heavy atom. The summed E-state index contributed by atoms with van der Waals surface area (Å²) in [6.45, 7) is 2.99. The second-order valence-corrected chi connectivity index (χ2v) is 9.88. The van der Waals surface area contributed by atoms with E-state index in [1.54, 1.807) is 4.31 Å². The van der Waals surface area contributed by atoms with Crippen LogP contribution in [-0.2, 0) is 22.9 Å². The van der Waals surface area contributed by atoms with E-state index in [9.17, 15) is 8.42 Å². The number of benzene rings is 1. The summed E-state index contributed by atoms with van der Waals surface area (Å²) in [6, 6.07) is 10.5. The van der Waals surface area contributed by atoms with E-state index >= 15 is 0 Å². The van der Waals surface area contributed by atoms with Crippen LogP contribution >= 0.6 is 0 Å². The molecule has 0 bridgehead atoms. The SMILES string of the molecule is CS(=O)(=O)N(CCc1noc(C2CC2)n1)C1CN(CCCc2ccccc2)C1. The third kappa shape index (κ3) is 4.98. The summed E-state index contributed by atoms with van der Waals surface area (Å²) in [5, 5.41) is 4.00. The fraction of sp³-hybridized carbons (Fsp3) is 0.600. The summed E-state index contributed by atoms with van der Waals surface area (Å²) in [5.74, 6) is 1.73. The van der Waals surface area contributed by atoms with Gasteiger partial charge in [-0.2, -0.15) is 9.29 Å². The predicted octanol–water partition coefficient (Wildman–Crippen LogP) is 2.07. The molecule has 1 aromatic heterocycles. The van der Waals surface area contributed by atoms with Gasteiger partial charge in [-0.05, 0) is 37.8 Å². The van der Waals surface area contributed by atoms with Crippen molar-refractivity contribution in [1.82, 2.24) is 19.3 Å². The number of hydrogen-bond donors (Lipinski definition) is 0. The maximum atomic E-state index is 12.3. The van der Waals surface area contributed by atoms with Gasteiger partial charge < -0.3 is 9.42 Å². The maximum absolute atomic E-state index is 12.3. The van der Waals surface area contributed by atoms with Crippen molar-refractivity contribution in [2.45, 2.75) is 44.1 Å². The van der Waals surface area contributed by atoms with Crippen molar-refractivity contribution in [2.75, 3.05) is 32.4 Å². The lowest BCUT2D eigenvalue weighted by Crippen LogP contribution is -2.60. The molecule has 0 radical (unpaired) electrons. The molecule has 2 heterocycles. The average molecular weight is 405 g/mol. The molecule has 2 aromatic rings. The minimum Gasteiger partial charge on any atom is -0.339 e. The fourth-order valence-electron chi connectivity index (χ4n) is 3.75. The van der Waals surface area contributed by atoms with E-state index in [1.165, 1.54) is 11.8 Å². The zero-order chi connectivity index (χ0) is 19.6. The number of likely N-dealkylation sites (tertiary alicyclic amines) is 1. The molecule has 4 rings (SSSR count). The molecule has 2 fully saturated rings. The maximum Gasteiger partial charge on any atom is 0.229 e. The van der Waals surface area contributed by atoms with Gasteiger partial charge in [-0.1, -0.05) is 35.5 Å². The van der Waals surface area contributed by atoms with E-state index in [0.717, 1.165) is 45.3 Å². The third-order valence-electron chi connectivity index (χ3n) is 5.52. The van der Waals surface area contributed by atoms with Crippen molar-refractivity contribution in [3.05, 3.63) is 47.6 Å². The molecule has 152 valence electrons. The number of hydrogen-bond acceptors (Lipinski definition) is 6. The molecule has 7 nitrogen and oxygen atoms in total. The lowest BCUT2D eigenvalue weighted by Gasteiger charge is -2.44. The normalized spacial score (nSPS) is 18.5. The first kappa shape index (κ1) is 19.5. The van der Waals surface area contributed by atoms with Crippen molar-refractivity contribution in [3.63, 3.8) is 0 Å². The number of nitrogens with zero attached hydrogens (tertiary/aromatic N) is 4. The Balaban J connectivity index is 1.23. The van der Waals surface area contributed by atoms with Gasteiger partial charge in [0.05, 0.1) is 12.3 Å². The average Bonchev–Trinajstić information content (AvgIpc) is 3.37. The highest BCUT2D eigenvalue weighted by molar-refractivity contribution is 7.88. The van der Waals surface area contributed by atoms with Gasteiger partial charge in [-0.25, -0.2) is 8.42 Å². The Morgan fingerprint density at radius 3 is 2.61 bits per heavy atom. The van der Waals surface area contributed by atoms with Crippen LogP contribution in [-0.4, -0.2) is 66.2 Å². The van der Waals surface area contributed by atoms with Crippen LogP contribution in [0, 0.1) is 0 Å². The molecule has 0 amide bonds. The Bertz CT molecular complexity index is 874. The molecule has 0 spiro atoms. The fourth-order valence-corrected chi connectivity index (χ4v) is 4.85. The number of aryl methyl sites for hydroxylation is 1. The minimum atomic E-state index is -3.26. The molecule has 1 saturated heterocycles. The van der Waals surface area contributed by atoms with E-state index < -0.39 is 10.0 Å². The molecule has 1 aliphatic carbocycles. The van der Waals surface area contributed by atoms with Gasteiger partial charge in [-0.3, -0.25) is 0 Å². The zero-order valence-electron chi connectivity index (χ0n) is 16.3. The molecule has 0 atom stereocenters. The van der Waals surface area contributed by atoms with Gasteiger partial charge in [0.1, 0.15) is 0 Å². The molecule has 2 aliphatic rings. The Morgan fingerprint density at radius 1 is 1.18 bits per heavy atom. The minimum absolute atomic E-state index is 0.0431. The molecule has 28 heavy (non-hydrogen) atoms. The highest BCUT2D eigenvalue weighted by Crippen LogP contribution is 2.38. The molecule has 1 aliphatic heterocycles. The van der Waals surface area contributed by atoms with Crippen molar-refractivity contribution in [1.29, 1.82) is 0 Å². The van der Waals surface area contributed by atoms with Crippen LogP contribution in [0.4, 0.5) is 0 Å². The summed E-state index contributed by atoms with van der Waals surface area (Å²) in [6.07, 6.45) is 6.14. The van der Waals surface area contributed by atoms with Crippen LogP contribution < -0.4 is 0 Å². The van der Waals surface area contributed by atoms with Crippen molar-refractivity contribution in [2.24, 2.45) is 0 Å². The number of rotatable bonds is 10. The van der Waals surface area contributed by atoms with Gasteiger partial charge in [0, 0.05) is 32.0 Å². The van der Waals surface area contributed by atoms with E-state index in [2.05, 4.69) is 39.3 Å². The van der Waals surface area contributed by atoms with Crippen LogP contribution in [0.5, 0.6) is 0 Å². The molecular weight excluding hydrogens is 376 g/mol. The quantitative estimate of drug-likeness (QED) is 0.603. The third-order valence-corrected chi connectivity index (χ3v) is 6.85. The molecule has 8 heteroatoms. The second kappa shape index (κ2) is 8.31. The number of aromatic nitrogens is 2. The van der Waals surface area contributed by atoms with Crippen LogP contribution in [0.1, 0.15) is 42.5 Å². The van der Waals surface area contributed by atoms with Crippen LogP contribution in [0.25, 0.3) is 0 Å². The first-order valence-corrected chi connectivity index (χ1v) is 11.9. The van der Waals surface area contributed by atoms with Gasteiger partial charge in [0.15, 0.2) is 5.82 Å². The summed E-state index contributed by atoms with van der Waals surface area (Å²) < 4.78 is 31.4. The predicted molar refractivity (Wildman–Crippen MR) is 107 cm³/mol. The van der Waals surface area contributed by atoms with Gasteiger partial charge >= 0.3 is 0 Å². The smallest absolute Gasteiger partial charge is 0.229 e. The van der Waals surface area contributed by atoms with E-state index in [-0.39, 0.29) is 6.04 Å². The monoisotopic (exact) mass is 404 g/mol. The zero-order valence-corrected chi connectivity index (χ0v) is 17.1. The van der Waals surface area contributed by atoms with Crippen LogP contribution in [0.15, 0.2) is 34.9 Å². The summed E-state index contributed by atoms with van der Waals surface area (Å²) >= 11 is 0. The molecule has 1 aromatic carbocycles. The molecule has 0 unspecified atom stereocenters. The first-order chi connectivity index (χ1) is 13.5. The second-order valence-electron chi connectivity index (χ2n) is 7.95. The lowest BCUT2D eigenvalue weighted by molar-refractivity contribution is 0.0789. The van der Waals surface area contributed by atoms with Crippen molar-refractivity contribution in [3.8, 4) is 0 Å². The summed E-state index contributed by atoms with van der Waals surface area (Å²) in [7, 11) is -3.26. The topological polar surface area (TPSA) is 79.5 Å². The Kier molecular flexibility index (Phi) is 5.80.